The Morgan fingerprint density at radius 1 is 1.02 bits per heavy atom. The van der Waals surface area contributed by atoms with Crippen LogP contribution in [0.25, 0.3) is 22.3 Å². The normalized spacial score (nSPS) is 19.8. The zero-order valence-electron chi connectivity index (χ0n) is 22.7. The van der Waals surface area contributed by atoms with E-state index in [1.165, 1.54) is 15.3 Å². The fraction of sp³-hybridized carbons (Fsp3) is 0.433. The number of ether oxygens (including phenoxy) is 2. The quantitative estimate of drug-likeness (QED) is 0.305. The molecule has 4 aromatic rings. The van der Waals surface area contributed by atoms with Crippen molar-refractivity contribution in [2.45, 2.75) is 61.5 Å². The van der Waals surface area contributed by atoms with Gasteiger partial charge in [-0.2, -0.15) is 0 Å². The Bertz CT molecular complexity index is 1680. The number of thiazole rings is 1. The Kier molecular flexibility index (Phi) is 6.93. The highest BCUT2D eigenvalue weighted by molar-refractivity contribution is 7.90. The van der Waals surface area contributed by atoms with Gasteiger partial charge in [-0.3, -0.25) is 4.79 Å². The van der Waals surface area contributed by atoms with E-state index < -0.39 is 15.8 Å². The topological polar surface area (TPSA) is 104 Å². The molecular weight excluding hydrogens is 560 g/mol. The van der Waals surface area contributed by atoms with Crippen LogP contribution in [0.1, 0.15) is 66.2 Å². The first-order valence-electron chi connectivity index (χ1n) is 14.3. The van der Waals surface area contributed by atoms with Gasteiger partial charge < -0.3 is 14.4 Å². The van der Waals surface area contributed by atoms with Crippen molar-refractivity contribution in [1.82, 2.24) is 18.8 Å². The molecule has 0 atom stereocenters. The van der Waals surface area contributed by atoms with Gasteiger partial charge in [-0.15, -0.1) is 11.3 Å². The molecule has 2 aliphatic heterocycles. The molecule has 1 aromatic carbocycles. The minimum atomic E-state index is -3.91. The summed E-state index contributed by atoms with van der Waals surface area (Å²) >= 11 is 1.30. The second kappa shape index (κ2) is 10.6. The molecule has 3 aromatic heterocycles. The van der Waals surface area contributed by atoms with Gasteiger partial charge in [0.25, 0.3) is 15.9 Å². The van der Waals surface area contributed by atoms with Crippen LogP contribution < -0.4 is 0 Å². The number of fused-ring (bicyclic) bond motifs is 1. The molecule has 0 unspecified atom stereocenters. The molecule has 3 fully saturated rings. The minimum absolute atomic E-state index is 0.0621. The Balaban J connectivity index is 1.28. The summed E-state index contributed by atoms with van der Waals surface area (Å²) in [5.74, 6) is -0.253. The van der Waals surface area contributed by atoms with Gasteiger partial charge in [0.1, 0.15) is 0 Å². The maximum atomic E-state index is 13.8. The van der Waals surface area contributed by atoms with Gasteiger partial charge in [-0.1, -0.05) is 18.2 Å². The molecule has 9 nitrogen and oxygen atoms in total. The summed E-state index contributed by atoms with van der Waals surface area (Å²) in [6, 6.07) is 10.4. The molecule has 2 saturated heterocycles. The van der Waals surface area contributed by atoms with Gasteiger partial charge in [0, 0.05) is 54.7 Å². The number of carbonyl (C=O) groups excluding carboxylic acids is 1. The molecule has 0 radical (unpaired) electrons. The van der Waals surface area contributed by atoms with Gasteiger partial charge in [-0.25, -0.2) is 22.4 Å². The third-order valence-corrected chi connectivity index (χ3v) is 11.1. The van der Waals surface area contributed by atoms with Crippen molar-refractivity contribution in [1.29, 1.82) is 0 Å². The highest BCUT2D eigenvalue weighted by Crippen LogP contribution is 2.43. The maximum absolute atomic E-state index is 13.8. The fourth-order valence-corrected chi connectivity index (χ4v) is 8.45. The number of hydrogen-bond acceptors (Lipinski definition) is 8. The molecular formula is C30H32N4O5S2. The summed E-state index contributed by atoms with van der Waals surface area (Å²) in [4.78, 5) is 24.7. The molecule has 1 aliphatic carbocycles. The Hall–Kier alpha value is -3.12. The number of likely N-dealkylation sites (tertiary alicyclic amines) is 1. The average molecular weight is 593 g/mol. The predicted molar refractivity (Wildman–Crippen MR) is 155 cm³/mol. The number of benzene rings is 1. The zero-order chi connectivity index (χ0) is 28.0. The smallest absolute Gasteiger partial charge is 0.282 e. The molecule has 0 N–H and O–H groups in total. The second-order valence-corrected chi connectivity index (χ2v) is 13.7. The minimum Gasteiger partial charge on any atom is -0.348 e. The van der Waals surface area contributed by atoms with Crippen LogP contribution >= 0.6 is 11.3 Å². The van der Waals surface area contributed by atoms with Crippen LogP contribution in [0.15, 0.2) is 59.1 Å². The van der Waals surface area contributed by atoms with E-state index in [1.807, 2.05) is 10.3 Å². The third-order valence-electron chi connectivity index (χ3n) is 8.57. The maximum Gasteiger partial charge on any atom is 0.282 e. The molecule has 3 aliphatic rings. The largest absolute Gasteiger partial charge is 0.348 e. The summed E-state index contributed by atoms with van der Waals surface area (Å²) in [5, 5.41) is 2.97. The first-order valence-corrected chi connectivity index (χ1v) is 16.6. The number of pyridine rings is 1. The van der Waals surface area contributed by atoms with Crippen molar-refractivity contribution in [2.75, 3.05) is 26.3 Å². The van der Waals surface area contributed by atoms with Crippen LogP contribution in [0.4, 0.5) is 0 Å². The number of carbonyl (C=O) groups is 1. The molecule has 214 valence electrons. The Morgan fingerprint density at radius 3 is 2.49 bits per heavy atom. The molecule has 5 heterocycles. The summed E-state index contributed by atoms with van der Waals surface area (Å²) in [7, 11) is -3.91. The SMILES string of the molecule is O=C(c1nc(-c2cn(S(=O)(=O)c3ccccc3)c3ncc(C4CCC5(CC4)OCCO5)cc23)cs1)N1CCCCC1. The van der Waals surface area contributed by atoms with Crippen LogP contribution in [0.5, 0.6) is 0 Å². The lowest BCUT2D eigenvalue weighted by atomic mass is 9.81. The van der Waals surface area contributed by atoms with Gasteiger partial charge >= 0.3 is 0 Å². The monoisotopic (exact) mass is 592 g/mol. The predicted octanol–water partition coefficient (Wildman–Crippen LogP) is 5.42. The van der Waals surface area contributed by atoms with Crippen LogP contribution in [-0.2, 0) is 19.5 Å². The number of nitrogens with zero attached hydrogens (tertiary/aromatic N) is 4. The Morgan fingerprint density at radius 2 is 1.76 bits per heavy atom. The number of amides is 1. The van der Waals surface area contributed by atoms with Gasteiger partial charge in [0.15, 0.2) is 16.4 Å². The molecule has 1 saturated carbocycles. The van der Waals surface area contributed by atoms with Crippen molar-refractivity contribution in [3.63, 3.8) is 0 Å². The van der Waals surface area contributed by atoms with E-state index in [-0.39, 0.29) is 16.7 Å². The van der Waals surface area contributed by atoms with Crippen LogP contribution in [0.2, 0.25) is 0 Å². The van der Waals surface area contributed by atoms with E-state index >= 15 is 0 Å². The molecule has 1 spiro atoms. The summed E-state index contributed by atoms with van der Waals surface area (Å²) in [5.41, 5.74) is 2.63. The summed E-state index contributed by atoms with van der Waals surface area (Å²) in [6.45, 7) is 2.77. The Labute approximate surface area is 243 Å². The van der Waals surface area contributed by atoms with Gasteiger partial charge in [-0.05, 0) is 61.8 Å². The molecule has 41 heavy (non-hydrogen) atoms. The summed E-state index contributed by atoms with van der Waals surface area (Å²) in [6.07, 6.45) is 9.99. The molecule has 0 bridgehead atoms. The molecule has 11 heteroatoms. The first-order chi connectivity index (χ1) is 19.9. The van der Waals surface area contributed by atoms with Crippen molar-refractivity contribution in [3.8, 4) is 11.3 Å². The third kappa shape index (κ3) is 4.88. The van der Waals surface area contributed by atoms with E-state index in [0.29, 0.717) is 40.5 Å². The lowest BCUT2D eigenvalue weighted by Crippen LogP contribution is -2.35. The van der Waals surface area contributed by atoms with E-state index in [1.54, 1.807) is 42.7 Å². The highest BCUT2D eigenvalue weighted by Gasteiger charge is 2.40. The first kappa shape index (κ1) is 26.8. The summed E-state index contributed by atoms with van der Waals surface area (Å²) < 4.78 is 40.6. The number of hydrogen-bond donors (Lipinski definition) is 0. The van der Waals surface area contributed by atoms with Gasteiger partial charge in [0.05, 0.1) is 23.8 Å². The van der Waals surface area contributed by atoms with Crippen LogP contribution in [-0.4, -0.2) is 65.3 Å². The second-order valence-electron chi connectivity index (χ2n) is 11.1. The lowest BCUT2D eigenvalue weighted by Gasteiger charge is -2.35. The fourth-order valence-electron chi connectivity index (χ4n) is 6.32. The van der Waals surface area contributed by atoms with Crippen molar-refractivity contribution < 1.29 is 22.7 Å². The number of rotatable bonds is 5. The van der Waals surface area contributed by atoms with Crippen molar-refractivity contribution >= 4 is 38.3 Å². The van der Waals surface area contributed by atoms with Gasteiger partial charge in [0.2, 0.25) is 0 Å². The molecule has 7 rings (SSSR count). The van der Waals surface area contributed by atoms with Crippen LogP contribution in [0, 0.1) is 0 Å². The van der Waals surface area contributed by atoms with Crippen LogP contribution in [0.3, 0.4) is 0 Å². The van der Waals surface area contributed by atoms with Crippen molar-refractivity contribution in [3.05, 3.63) is 64.7 Å². The molecule has 1 amide bonds. The van der Waals surface area contributed by atoms with E-state index in [0.717, 1.165) is 63.6 Å². The van der Waals surface area contributed by atoms with E-state index in [4.69, 9.17) is 19.4 Å². The van der Waals surface area contributed by atoms with Crippen molar-refractivity contribution in [2.24, 2.45) is 0 Å². The highest BCUT2D eigenvalue weighted by atomic mass is 32.2. The zero-order valence-corrected chi connectivity index (χ0v) is 24.3. The number of aromatic nitrogens is 3. The number of piperidine rings is 1. The average Bonchev–Trinajstić information content (AvgIpc) is 3.77. The standard InChI is InChI=1S/C30H32N4O5S2/c35-29(33-13-5-2-6-14-33)28-32-26(20-40-28)25-19-34(41(36,37)23-7-3-1-4-8-23)27-24(25)17-22(18-31-27)21-9-11-30(12-10-21)38-15-16-39-30/h1,3-4,7-8,17-21H,2,5-6,9-16H2. The van der Waals surface area contributed by atoms with E-state index in [9.17, 15) is 13.2 Å². The van der Waals surface area contributed by atoms with E-state index in [2.05, 4.69) is 6.07 Å². The lowest BCUT2D eigenvalue weighted by molar-refractivity contribution is -0.178.